The Bertz CT molecular complexity index is 624. The second-order valence-corrected chi connectivity index (χ2v) is 8.80. The average Bonchev–Trinajstić information content (AvgIpc) is 2.85. The summed E-state index contributed by atoms with van der Waals surface area (Å²) < 4.78 is 24.3. The molecule has 4 atom stereocenters. The van der Waals surface area contributed by atoms with E-state index >= 15 is 0 Å². The first-order chi connectivity index (χ1) is 9.62. The minimum absolute atomic E-state index is 0.161. The summed E-state index contributed by atoms with van der Waals surface area (Å²) in [5.41, 5.74) is 0.813. The van der Waals surface area contributed by atoms with Gasteiger partial charge in [0.05, 0.1) is 16.3 Å². The highest BCUT2D eigenvalue weighted by Crippen LogP contribution is 2.66. The van der Waals surface area contributed by atoms with Crippen LogP contribution in [0.5, 0.6) is 0 Å². The van der Waals surface area contributed by atoms with Crippen molar-refractivity contribution < 1.29 is 8.42 Å². The van der Waals surface area contributed by atoms with Crippen LogP contribution in [0.2, 0.25) is 0 Å². The first-order valence-corrected chi connectivity index (χ1v) is 9.35. The highest BCUT2D eigenvalue weighted by atomic mass is 32.2. The van der Waals surface area contributed by atoms with E-state index in [0.717, 1.165) is 29.4 Å². The van der Waals surface area contributed by atoms with Crippen molar-refractivity contribution in [1.82, 2.24) is 0 Å². The molecular weight excluding hydrogens is 270 g/mol. The lowest BCUT2D eigenvalue weighted by Crippen LogP contribution is -2.15. The number of hydrogen-bond donors (Lipinski definition) is 1. The maximum atomic E-state index is 12.2. The zero-order valence-corrected chi connectivity index (χ0v) is 12.6. The minimum Gasteiger partial charge on any atom is -0.381 e. The Kier molecular flexibility index (Phi) is 2.69. The molecule has 1 N–H and O–H groups in total. The first-order valence-electron chi connectivity index (χ1n) is 7.70. The van der Waals surface area contributed by atoms with Gasteiger partial charge in [0.1, 0.15) is 0 Å². The second-order valence-electron chi connectivity index (χ2n) is 6.56. The van der Waals surface area contributed by atoms with Gasteiger partial charge in [-0.3, -0.25) is 0 Å². The third-order valence-corrected chi connectivity index (χ3v) is 7.45. The van der Waals surface area contributed by atoms with E-state index < -0.39 is 9.84 Å². The molecule has 0 amide bonds. The van der Waals surface area contributed by atoms with Crippen LogP contribution >= 0.6 is 0 Å². The molecule has 3 aliphatic rings. The summed E-state index contributed by atoms with van der Waals surface area (Å²) in [4.78, 5) is 0.472. The van der Waals surface area contributed by atoms with Gasteiger partial charge >= 0.3 is 0 Å². The summed E-state index contributed by atoms with van der Waals surface area (Å²) in [7, 11) is -3.14. The van der Waals surface area contributed by atoms with Crippen molar-refractivity contribution in [2.45, 2.75) is 37.1 Å². The highest BCUT2D eigenvalue weighted by molar-refractivity contribution is 7.91. The van der Waals surface area contributed by atoms with Gasteiger partial charge in [-0.05, 0) is 55.1 Å². The van der Waals surface area contributed by atoms with E-state index in [1.807, 2.05) is 18.2 Å². The van der Waals surface area contributed by atoms with Gasteiger partial charge in [-0.1, -0.05) is 19.1 Å². The molecule has 108 valence electrons. The quantitative estimate of drug-likeness (QED) is 0.927. The van der Waals surface area contributed by atoms with Crippen LogP contribution in [0.4, 0.5) is 5.69 Å². The molecule has 0 aromatic heterocycles. The van der Waals surface area contributed by atoms with Gasteiger partial charge in [-0.25, -0.2) is 8.42 Å². The zero-order chi connectivity index (χ0) is 13.9. The number of rotatable bonds is 4. The van der Waals surface area contributed by atoms with Crippen molar-refractivity contribution >= 4 is 15.5 Å². The number of para-hydroxylation sites is 1. The molecule has 1 aromatic rings. The lowest BCUT2D eigenvalue weighted by Gasteiger charge is -2.15. The van der Waals surface area contributed by atoms with Crippen molar-refractivity contribution in [2.24, 2.45) is 23.7 Å². The SMILES string of the molecule is CCS(=O)(=O)c1ccccc1NC1C2C3CCC(C3)C12. The highest BCUT2D eigenvalue weighted by Gasteiger charge is 2.65. The van der Waals surface area contributed by atoms with Crippen LogP contribution in [-0.2, 0) is 9.84 Å². The molecule has 3 nitrogen and oxygen atoms in total. The van der Waals surface area contributed by atoms with E-state index in [1.54, 1.807) is 13.0 Å². The van der Waals surface area contributed by atoms with E-state index in [4.69, 9.17) is 0 Å². The lowest BCUT2D eigenvalue weighted by molar-refractivity contribution is 0.456. The topological polar surface area (TPSA) is 46.2 Å². The number of hydrogen-bond acceptors (Lipinski definition) is 3. The Morgan fingerprint density at radius 1 is 1.15 bits per heavy atom. The number of fused-ring (bicyclic) bond motifs is 5. The molecule has 0 saturated heterocycles. The summed E-state index contributed by atoms with van der Waals surface area (Å²) in [6.45, 7) is 1.71. The first kappa shape index (κ1) is 12.7. The molecule has 3 aliphatic carbocycles. The number of anilines is 1. The molecule has 20 heavy (non-hydrogen) atoms. The van der Waals surface area contributed by atoms with E-state index in [9.17, 15) is 8.42 Å². The average molecular weight is 291 g/mol. The Balaban J connectivity index is 1.59. The van der Waals surface area contributed by atoms with Gasteiger partial charge in [0.25, 0.3) is 0 Å². The Labute approximate surface area is 120 Å². The van der Waals surface area contributed by atoms with Crippen LogP contribution < -0.4 is 5.32 Å². The van der Waals surface area contributed by atoms with Crippen molar-refractivity contribution in [3.63, 3.8) is 0 Å². The van der Waals surface area contributed by atoms with Crippen LogP contribution in [0.25, 0.3) is 0 Å². The molecule has 0 radical (unpaired) electrons. The summed E-state index contributed by atoms with van der Waals surface area (Å²) in [5, 5.41) is 3.55. The van der Waals surface area contributed by atoms with E-state index in [2.05, 4.69) is 5.32 Å². The summed E-state index contributed by atoms with van der Waals surface area (Å²) in [5.74, 6) is 3.58. The summed E-state index contributed by atoms with van der Waals surface area (Å²) in [6, 6.07) is 7.90. The van der Waals surface area contributed by atoms with Crippen LogP contribution in [0.3, 0.4) is 0 Å². The van der Waals surface area contributed by atoms with Crippen molar-refractivity contribution in [3.8, 4) is 0 Å². The van der Waals surface area contributed by atoms with Gasteiger partial charge in [0.15, 0.2) is 9.84 Å². The van der Waals surface area contributed by atoms with E-state index in [1.165, 1.54) is 19.3 Å². The van der Waals surface area contributed by atoms with Gasteiger partial charge in [0, 0.05) is 6.04 Å². The normalized spacial score (nSPS) is 37.8. The molecule has 0 aliphatic heterocycles. The zero-order valence-electron chi connectivity index (χ0n) is 11.7. The Hall–Kier alpha value is -1.03. The molecule has 4 rings (SSSR count). The van der Waals surface area contributed by atoms with Gasteiger partial charge < -0.3 is 5.32 Å². The predicted molar refractivity (Wildman–Crippen MR) is 79.4 cm³/mol. The third-order valence-electron chi connectivity index (χ3n) is 5.66. The van der Waals surface area contributed by atoms with Gasteiger partial charge in [-0.15, -0.1) is 0 Å². The standard InChI is InChI=1S/C16H21NO2S/c1-2-20(18,19)13-6-4-3-5-12(13)17-16-14-10-7-8-11(9-10)15(14)16/h3-6,10-11,14-17H,2,7-9H2,1H3. The van der Waals surface area contributed by atoms with Crippen LogP contribution in [0.1, 0.15) is 26.2 Å². The molecule has 1 aromatic carbocycles. The van der Waals surface area contributed by atoms with Gasteiger partial charge in [0.2, 0.25) is 0 Å². The minimum atomic E-state index is -3.14. The van der Waals surface area contributed by atoms with Crippen molar-refractivity contribution in [2.75, 3.05) is 11.1 Å². The summed E-state index contributed by atoms with van der Waals surface area (Å²) in [6.07, 6.45) is 4.19. The van der Waals surface area contributed by atoms with Crippen LogP contribution in [-0.4, -0.2) is 20.2 Å². The lowest BCUT2D eigenvalue weighted by atomic mass is 10.0. The molecule has 4 unspecified atom stereocenters. The maximum Gasteiger partial charge on any atom is 0.180 e. The molecule has 4 heteroatoms. The van der Waals surface area contributed by atoms with Gasteiger partial charge in [-0.2, -0.15) is 0 Å². The fourth-order valence-corrected chi connectivity index (χ4v) is 5.77. The fourth-order valence-electron chi connectivity index (χ4n) is 4.71. The Morgan fingerprint density at radius 2 is 1.80 bits per heavy atom. The fraction of sp³-hybridized carbons (Fsp3) is 0.625. The van der Waals surface area contributed by atoms with E-state index in [0.29, 0.717) is 10.9 Å². The molecule has 0 heterocycles. The number of benzene rings is 1. The molecule has 3 saturated carbocycles. The number of nitrogens with one attached hydrogen (secondary N) is 1. The molecule has 2 bridgehead atoms. The van der Waals surface area contributed by atoms with E-state index in [-0.39, 0.29) is 5.75 Å². The van der Waals surface area contributed by atoms with Crippen LogP contribution in [0.15, 0.2) is 29.2 Å². The molecule has 0 spiro atoms. The smallest absolute Gasteiger partial charge is 0.180 e. The van der Waals surface area contributed by atoms with Crippen LogP contribution in [0, 0.1) is 23.7 Å². The summed E-state index contributed by atoms with van der Waals surface area (Å²) >= 11 is 0. The largest absolute Gasteiger partial charge is 0.381 e. The Morgan fingerprint density at radius 3 is 2.45 bits per heavy atom. The third kappa shape index (κ3) is 1.73. The second kappa shape index (κ2) is 4.23. The maximum absolute atomic E-state index is 12.2. The van der Waals surface area contributed by atoms with Crippen molar-refractivity contribution in [1.29, 1.82) is 0 Å². The molecular formula is C16H21NO2S. The van der Waals surface area contributed by atoms with Crippen molar-refractivity contribution in [3.05, 3.63) is 24.3 Å². The predicted octanol–water partition coefficient (Wildman–Crippen LogP) is 2.94. The molecule has 3 fully saturated rings. The monoisotopic (exact) mass is 291 g/mol. The number of sulfone groups is 1.